The molecule has 1 atom stereocenters. The third-order valence-corrected chi connectivity index (χ3v) is 7.21. The first kappa shape index (κ1) is 23.5. The Balaban J connectivity index is 1.24. The van der Waals surface area contributed by atoms with Crippen LogP contribution in [0, 0.1) is 11.8 Å². The van der Waals surface area contributed by atoms with E-state index in [0.717, 1.165) is 73.7 Å². The number of ether oxygens (including phenoxy) is 1. The highest BCUT2D eigenvalue weighted by Crippen LogP contribution is 2.35. The standard InChI is InChI=1S/C29H30N6O2/c1-34-12-14-35(15-13-34)22-5-9-27(31-18-22)33-26-8-7-24(25-19-32-29(36)28(25)26)20-10-11-30-21(17-20)4-6-23-3-2-16-37-23/h5,7-11,17-18,23H,2-3,12-16,19H2,1H3,(H,31,33)(H,32,36). The molecule has 2 aromatic heterocycles. The molecule has 5 heterocycles. The molecule has 8 nitrogen and oxygen atoms in total. The van der Waals surface area contributed by atoms with Gasteiger partial charge in [-0.1, -0.05) is 12.0 Å². The van der Waals surface area contributed by atoms with Gasteiger partial charge in [-0.3, -0.25) is 4.79 Å². The zero-order valence-corrected chi connectivity index (χ0v) is 21.0. The number of nitrogens with one attached hydrogen (secondary N) is 2. The molecule has 1 unspecified atom stereocenters. The minimum absolute atomic E-state index is 0.00823. The van der Waals surface area contributed by atoms with Crippen molar-refractivity contribution < 1.29 is 9.53 Å². The fourth-order valence-electron chi connectivity index (χ4n) is 5.08. The number of piperazine rings is 1. The number of carbonyl (C=O) groups is 1. The van der Waals surface area contributed by atoms with E-state index in [1.165, 1.54) is 0 Å². The van der Waals surface area contributed by atoms with Gasteiger partial charge in [0.25, 0.3) is 5.91 Å². The predicted molar refractivity (Wildman–Crippen MR) is 144 cm³/mol. The highest BCUT2D eigenvalue weighted by Gasteiger charge is 2.26. The largest absolute Gasteiger partial charge is 0.368 e. The fraction of sp³-hybridized carbons (Fsp3) is 0.345. The van der Waals surface area contributed by atoms with Crippen molar-refractivity contribution in [3.8, 4) is 23.0 Å². The van der Waals surface area contributed by atoms with E-state index in [2.05, 4.69) is 55.4 Å². The lowest BCUT2D eigenvalue weighted by Gasteiger charge is -2.33. The lowest BCUT2D eigenvalue weighted by molar-refractivity contribution is 0.0966. The molecule has 0 radical (unpaired) electrons. The molecule has 8 heteroatoms. The molecular weight excluding hydrogens is 464 g/mol. The van der Waals surface area contributed by atoms with Crippen LogP contribution in [0.25, 0.3) is 11.1 Å². The summed E-state index contributed by atoms with van der Waals surface area (Å²) >= 11 is 0. The van der Waals surface area contributed by atoms with Gasteiger partial charge in [0.05, 0.1) is 23.1 Å². The number of amides is 1. The maximum absolute atomic E-state index is 12.8. The van der Waals surface area contributed by atoms with Gasteiger partial charge >= 0.3 is 0 Å². The number of likely N-dealkylation sites (N-methyl/N-ethyl adjacent to an activating group) is 1. The predicted octanol–water partition coefficient (Wildman–Crippen LogP) is 3.41. The second-order valence-electron chi connectivity index (χ2n) is 9.71. The van der Waals surface area contributed by atoms with Gasteiger partial charge in [0.15, 0.2) is 0 Å². The Labute approximate surface area is 217 Å². The average Bonchev–Trinajstić information content (AvgIpc) is 3.59. The number of benzene rings is 1. The summed E-state index contributed by atoms with van der Waals surface area (Å²) in [5.74, 6) is 6.96. The van der Waals surface area contributed by atoms with Gasteiger partial charge in [-0.25, -0.2) is 9.97 Å². The van der Waals surface area contributed by atoms with Crippen LogP contribution in [-0.4, -0.2) is 66.7 Å². The van der Waals surface area contributed by atoms with E-state index in [0.29, 0.717) is 23.6 Å². The summed E-state index contributed by atoms with van der Waals surface area (Å²) in [6, 6.07) is 12.0. The van der Waals surface area contributed by atoms with E-state index in [-0.39, 0.29) is 12.0 Å². The van der Waals surface area contributed by atoms with Crippen molar-refractivity contribution in [1.82, 2.24) is 20.2 Å². The lowest BCUT2D eigenvalue weighted by atomic mass is 9.95. The van der Waals surface area contributed by atoms with Crippen molar-refractivity contribution in [3.63, 3.8) is 0 Å². The van der Waals surface area contributed by atoms with E-state index in [9.17, 15) is 4.79 Å². The number of anilines is 3. The van der Waals surface area contributed by atoms with Crippen LogP contribution in [0.2, 0.25) is 0 Å². The van der Waals surface area contributed by atoms with E-state index >= 15 is 0 Å². The monoisotopic (exact) mass is 494 g/mol. The highest BCUT2D eigenvalue weighted by atomic mass is 16.5. The van der Waals surface area contributed by atoms with Gasteiger partial charge in [-0.15, -0.1) is 0 Å². The second-order valence-corrected chi connectivity index (χ2v) is 9.71. The zero-order chi connectivity index (χ0) is 25.2. The summed E-state index contributed by atoms with van der Waals surface area (Å²) in [4.78, 5) is 26.6. The second kappa shape index (κ2) is 10.2. The number of rotatable bonds is 4. The molecule has 0 bridgehead atoms. The van der Waals surface area contributed by atoms with Gasteiger partial charge in [0.1, 0.15) is 17.6 Å². The molecule has 3 aromatic rings. The number of hydrogen-bond donors (Lipinski definition) is 2. The molecule has 2 saturated heterocycles. The molecule has 2 N–H and O–H groups in total. The van der Waals surface area contributed by atoms with Gasteiger partial charge in [0.2, 0.25) is 0 Å². The Kier molecular flexibility index (Phi) is 6.47. The first-order valence-electron chi connectivity index (χ1n) is 12.8. The van der Waals surface area contributed by atoms with Crippen LogP contribution in [0.4, 0.5) is 17.2 Å². The van der Waals surface area contributed by atoms with Crippen molar-refractivity contribution in [2.75, 3.05) is 50.1 Å². The van der Waals surface area contributed by atoms with Crippen LogP contribution >= 0.6 is 0 Å². The van der Waals surface area contributed by atoms with Crippen LogP contribution in [0.1, 0.15) is 34.5 Å². The Bertz CT molecular complexity index is 1360. The first-order chi connectivity index (χ1) is 18.1. The third kappa shape index (κ3) is 5.01. The number of pyridine rings is 2. The van der Waals surface area contributed by atoms with Gasteiger partial charge in [-0.05, 0) is 72.8 Å². The Hall–Kier alpha value is -3.93. The van der Waals surface area contributed by atoms with E-state index in [4.69, 9.17) is 4.74 Å². The summed E-state index contributed by atoms with van der Waals surface area (Å²) in [6.07, 6.45) is 5.68. The average molecular weight is 495 g/mol. The highest BCUT2D eigenvalue weighted by molar-refractivity contribution is 6.06. The third-order valence-electron chi connectivity index (χ3n) is 7.21. The molecule has 1 amide bonds. The van der Waals surface area contributed by atoms with Crippen molar-refractivity contribution in [1.29, 1.82) is 0 Å². The normalized spacial score (nSPS) is 19.2. The summed E-state index contributed by atoms with van der Waals surface area (Å²) in [7, 11) is 2.15. The Morgan fingerprint density at radius 3 is 2.78 bits per heavy atom. The molecule has 1 aromatic carbocycles. The Morgan fingerprint density at radius 2 is 2.00 bits per heavy atom. The number of hydrogen-bond acceptors (Lipinski definition) is 7. The number of aromatic nitrogens is 2. The van der Waals surface area contributed by atoms with Crippen molar-refractivity contribution in [2.45, 2.75) is 25.5 Å². The summed E-state index contributed by atoms with van der Waals surface area (Å²) in [6.45, 7) is 5.35. The molecular formula is C29H30N6O2. The minimum atomic E-state index is -0.0825. The molecule has 37 heavy (non-hydrogen) atoms. The summed E-state index contributed by atoms with van der Waals surface area (Å²) in [5.41, 5.74) is 6.18. The lowest BCUT2D eigenvalue weighted by Crippen LogP contribution is -2.44. The molecule has 0 aliphatic carbocycles. The topological polar surface area (TPSA) is 82.6 Å². The SMILES string of the molecule is CN1CCN(c2ccc(Nc3ccc(-c4ccnc(C#CC5CCCO5)c4)c4c3C(=O)NC4)nc2)CC1. The first-order valence-corrected chi connectivity index (χ1v) is 12.8. The molecule has 3 aliphatic rings. The number of fused-ring (bicyclic) bond motifs is 1. The van der Waals surface area contributed by atoms with Crippen molar-refractivity contribution >= 4 is 23.1 Å². The van der Waals surface area contributed by atoms with E-state index < -0.39 is 0 Å². The smallest absolute Gasteiger partial charge is 0.254 e. The maximum Gasteiger partial charge on any atom is 0.254 e. The quantitative estimate of drug-likeness (QED) is 0.538. The Morgan fingerprint density at radius 1 is 1.11 bits per heavy atom. The van der Waals surface area contributed by atoms with Crippen LogP contribution in [0.15, 0.2) is 48.8 Å². The molecule has 188 valence electrons. The van der Waals surface area contributed by atoms with E-state index in [1.54, 1.807) is 6.20 Å². The molecule has 0 saturated carbocycles. The van der Waals surface area contributed by atoms with Crippen LogP contribution in [0.5, 0.6) is 0 Å². The van der Waals surface area contributed by atoms with Gasteiger partial charge in [0, 0.05) is 45.5 Å². The van der Waals surface area contributed by atoms with Crippen molar-refractivity contribution in [3.05, 3.63) is 65.6 Å². The van der Waals surface area contributed by atoms with Crippen molar-refractivity contribution in [2.24, 2.45) is 0 Å². The zero-order valence-electron chi connectivity index (χ0n) is 21.0. The number of nitrogens with zero attached hydrogens (tertiary/aromatic N) is 4. The van der Waals surface area contributed by atoms with Gasteiger partial charge in [-0.2, -0.15) is 0 Å². The molecule has 0 spiro atoms. The van der Waals surface area contributed by atoms with Gasteiger partial charge < -0.3 is 25.2 Å². The van der Waals surface area contributed by atoms with Crippen LogP contribution in [-0.2, 0) is 11.3 Å². The van der Waals surface area contributed by atoms with Crippen LogP contribution in [0.3, 0.4) is 0 Å². The molecule has 3 aliphatic heterocycles. The minimum Gasteiger partial charge on any atom is -0.368 e. The number of carbonyl (C=O) groups excluding carboxylic acids is 1. The van der Waals surface area contributed by atoms with E-state index in [1.807, 2.05) is 36.5 Å². The molecule has 2 fully saturated rings. The summed E-state index contributed by atoms with van der Waals surface area (Å²) in [5, 5.41) is 6.35. The maximum atomic E-state index is 12.8. The summed E-state index contributed by atoms with van der Waals surface area (Å²) < 4.78 is 5.60. The molecule has 6 rings (SSSR count). The van der Waals surface area contributed by atoms with Crippen LogP contribution < -0.4 is 15.5 Å². The fourth-order valence-corrected chi connectivity index (χ4v) is 5.08.